The molecule has 0 bridgehead atoms. The Morgan fingerprint density at radius 3 is 1.28 bits per heavy atom. The maximum atomic E-state index is 14.7. The molecule has 0 aliphatic carbocycles. The van der Waals surface area contributed by atoms with E-state index >= 15 is 0 Å². The smallest absolute Gasteiger partial charge is 0.246 e. The molecule has 3 fully saturated rings. The lowest BCUT2D eigenvalue weighted by Gasteiger charge is -2.34. The minimum atomic E-state index is -1.24. The number of nitrogens with one attached hydrogen (secondary N) is 7. The summed E-state index contributed by atoms with van der Waals surface area (Å²) in [4.78, 5) is 134. The lowest BCUT2D eigenvalue weighted by atomic mass is 9.95. The summed E-state index contributed by atoms with van der Waals surface area (Å²) in [5.74, 6) is -6.43. The van der Waals surface area contributed by atoms with Gasteiger partial charge in [-0.15, -0.1) is 0 Å². The number of rotatable bonds is 13. The summed E-state index contributed by atoms with van der Waals surface area (Å²) in [7, 11) is 0. The third-order valence-electron chi connectivity index (χ3n) is 14.5. The Hall–Kier alpha value is -6.33. The average Bonchev–Trinajstić information content (AvgIpc) is 4.07. The van der Waals surface area contributed by atoms with Crippen molar-refractivity contribution in [2.75, 3.05) is 13.1 Å². The monoisotopic (exact) mass is 1040 g/mol. The lowest BCUT2D eigenvalue weighted by molar-refractivity contribution is -0.148. The van der Waals surface area contributed by atoms with Crippen LogP contribution in [-0.4, -0.2) is 130 Å². The van der Waals surface area contributed by atoms with Crippen LogP contribution in [0.4, 0.5) is 0 Å². The first-order valence-electron chi connectivity index (χ1n) is 27.4. The van der Waals surface area contributed by atoms with Crippen LogP contribution in [0.25, 0.3) is 0 Å². The Morgan fingerprint density at radius 1 is 0.427 bits per heavy atom. The molecule has 5 rings (SSSR count). The molecule has 75 heavy (non-hydrogen) atoms. The summed E-state index contributed by atoms with van der Waals surface area (Å²) >= 11 is 0. The second-order valence-corrected chi connectivity index (χ2v) is 22.6. The molecule has 0 aromatic heterocycles. The third-order valence-corrected chi connectivity index (χ3v) is 14.5. The van der Waals surface area contributed by atoms with Crippen molar-refractivity contribution in [1.29, 1.82) is 0 Å². The number of carbonyl (C=O) groups excluding carboxylic acids is 9. The largest absolute Gasteiger partial charge is 0.343 e. The zero-order valence-electron chi connectivity index (χ0n) is 45.9. The second kappa shape index (κ2) is 28.0. The normalized spacial score (nSPS) is 27.0. The molecule has 18 nitrogen and oxygen atoms in total. The van der Waals surface area contributed by atoms with E-state index in [9.17, 15) is 43.2 Å². The molecular weight excluding hydrogens is 955 g/mol. The first-order valence-corrected chi connectivity index (χ1v) is 27.4. The van der Waals surface area contributed by atoms with E-state index in [1.54, 1.807) is 32.9 Å². The zero-order chi connectivity index (χ0) is 55.1. The molecule has 18 heteroatoms. The quantitative estimate of drug-likeness (QED) is 0.155. The van der Waals surface area contributed by atoms with E-state index in [-0.39, 0.29) is 62.9 Å². The highest BCUT2D eigenvalue weighted by Gasteiger charge is 2.45. The van der Waals surface area contributed by atoms with Gasteiger partial charge in [-0.2, -0.15) is 0 Å². The summed E-state index contributed by atoms with van der Waals surface area (Å²) in [5, 5.41) is 20.3. The van der Waals surface area contributed by atoms with E-state index in [0.29, 0.717) is 37.7 Å². The molecular formula is C57H85N9O9. The van der Waals surface area contributed by atoms with Crippen LogP contribution in [0.15, 0.2) is 60.7 Å². The van der Waals surface area contributed by atoms with Crippen molar-refractivity contribution >= 4 is 53.2 Å². The standard InChI is InChI=1S/C57H85N9O9/c1-11-37(10)48-55(73)61-40(28-33(2)3)49(67)62-44(30-35(6)7)56(74)66-27-19-25-46(66)57(75)65-26-18-24-45(65)53(71)60-43(32-39-22-16-13-17-23-39)51(69)59-42(31-38-20-14-12-15-21-38)50(68)58-41(29-34(4)5)52(70)63-47(36(8)9)54(72)64-48/h12-17,20-23,33-37,40-48H,11,18-19,24-32H2,1-10H3,(H,58,68)(H,59,69)(H,60,71)(H,61,73)(H,62,67)(H,63,70)(H,64,72)/t37-,40-,41-,42-,43-,44-,45-,46?,47-,48-/m0/s1. The predicted molar refractivity (Wildman–Crippen MR) is 286 cm³/mol. The molecule has 0 spiro atoms. The highest BCUT2D eigenvalue weighted by atomic mass is 16.2. The van der Waals surface area contributed by atoms with E-state index < -0.39 is 119 Å². The minimum absolute atomic E-state index is 0.0230. The summed E-state index contributed by atoms with van der Waals surface area (Å²) < 4.78 is 0. The maximum Gasteiger partial charge on any atom is 0.246 e. The Morgan fingerprint density at radius 2 is 0.800 bits per heavy atom. The third kappa shape index (κ3) is 16.8. The van der Waals surface area contributed by atoms with Crippen molar-refractivity contribution in [2.24, 2.45) is 29.6 Å². The van der Waals surface area contributed by atoms with E-state index in [1.807, 2.05) is 97.0 Å². The van der Waals surface area contributed by atoms with Gasteiger partial charge in [-0.3, -0.25) is 43.2 Å². The van der Waals surface area contributed by atoms with Crippen molar-refractivity contribution in [2.45, 2.75) is 188 Å². The summed E-state index contributed by atoms with van der Waals surface area (Å²) in [6, 6.07) is 8.19. The van der Waals surface area contributed by atoms with E-state index in [4.69, 9.17) is 0 Å². The molecule has 2 aromatic rings. The fourth-order valence-corrected chi connectivity index (χ4v) is 10.3. The van der Waals surface area contributed by atoms with Crippen molar-refractivity contribution in [3.05, 3.63) is 71.8 Å². The van der Waals surface area contributed by atoms with Gasteiger partial charge in [0.05, 0.1) is 0 Å². The van der Waals surface area contributed by atoms with Crippen molar-refractivity contribution in [1.82, 2.24) is 47.0 Å². The Bertz CT molecular complexity index is 2290. The van der Waals surface area contributed by atoms with Gasteiger partial charge in [0.2, 0.25) is 53.2 Å². The fraction of sp³-hybridized carbons (Fsp3) is 0.632. The van der Waals surface area contributed by atoms with Crippen molar-refractivity contribution in [3.63, 3.8) is 0 Å². The zero-order valence-corrected chi connectivity index (χ0v) is 45.9. The topological polar surface area (TPSA) is 244 Å². The summed E-state index contributed by atoms with van der Waals surface area (Å²) in [5.41, 5.74) is 1.44. The van der Waals surface area contributed by atoms with Gasteiger partial charge < -0.3 is 47.0 Å². The SMILES string of the molecule is CC[C@H](C)[C@@H]1NC(=O)[C@H](C(C)C)NC(=O)[C@H](CC(C)C)NC(=O)[C@H](Cc2ccccc2)NC(=O)[C@H](Cc2ccccc2)NC(=O)[C@@H]2CCCN2C(=O)C2CCCN2C(=O)[C@H](CC(C)C)NC(=O)[C@H](CC(C)C)NC1=O. The molecule has 3 heterocycles. The molecule has 3 aliphatic rings. The molecule has 9 amide bonds. The summed E-state index contributed by atoms with van der Waals surface area (Å²) in [6.45, 7) is 19.1. The lowest BCUT2D eigenvalue weighted by Crippen LogP contribution is -2.62. The maximum absolute atomic E-state index is 14.7. The Balaban J connectivity index is 1.60. The number of amides is 9. The first-order chi connectivity index (χ1) is 35.6. The number of fused-ring (bicyclic) bond motifs is 2. The number of benzene rings is 2. The van der Waals surface area contributed by atoms with E-state index in [2.05, 4.69) is 37.2 Å². The van der Waals surface area contributed by atoms with Gasteiger partial charge in [0.25, 0.3) is 0 Å². The Labute approximate surface area is 444 Å². The van der Waals surface area contributed by atoms with Gasteiger partial charge in [-0.05, 0) is 85.7 Å². The van der Waals surface area contributed by atoms with Crippen LogP contribution in [0.3, 0.4) is 0 Å². The predicted octanol–water partition coefficient (Wildman–Crippen LogP) is 3.70. The highest BCUT2D eigenvalue weighted by Crippen LogP contribution is 2.27. The molecule has 3 aliphatic heterocycles. The Kier molecular flexibility index (Phi) is 22.2. The van der Waals surface area contributed by atoms with Crippen LogP contribution < -0.4 is 37.2 Å². The second-order valence-electron chi connectivity index (χ2n) is 22.6. The van der Waals surface area contributed by atoms with Crippen LogP contribution in [-0.2, 0) is 56.0 Å². The van der Waals surface area contributed by atoms with Gasteiger partial charge >= 0.3 is 0 Å². The van der Waals surface area contributed by atoms with Crippen LogP contribution >= 0.6 is 0 Å². The number of hydrogen-bond acceptors (Lipinski definition) is 9. The molecule has 1 unspecified atom stereocenters. The minimum Gasteiger partial charge on any atom is -0.343 e. The molecule has 3 saturated heterocycles. The van der Waals surface area contributed by atoms with Crippen LogP contribution in [0.5, 0.6) is 0 Å². The van der Waals surface area contributed by atoms with Gasteiger partial charge in [0, 0.05) is 25.9 Å². The van der Waals surface area contributed by atoms with Gasteiger partial charge in [0.15, 0.2) is 0 Å². The first kappa shape index (κ1) is 59.5. The summed E-state index contributed by atoms with van der Waals surface area (Å²) in [6.07, 6.45) is 2.81. The van der Waals surface area contributed by atoms with Crippen LogP contribution in [0, 0.1) is 29.6 Å². The molecule has 0 radical (unpaired) electrons. The molecule has 10 atom stereocenters. The average molecular weight is 1040 g/mol. The highest BCUT2D eigenvalue weighted by molar-refractivity contribution is 5.99. The van der Waals surface area contributed by atoms with E-state index in [1.165, 1.54) is 9.80 Å². The van der Waals surface area contributed by atoms with Crippen LogP contribution in [0.2, 0.25) is 0 Å². The number of nitrogens with zero attached hydrogens (tertiary/aromatic N) is 2. The molecule has 412 valence electrons. The fourth-order valence-electron chi connectivity index (χ4n) is 10.3. The van der Waals surface area contributed by atoms with Gasteiger partial charge in [-0.25, -0.2) is 0 Å². The van der Waals surface area contributed by atoms with Crippen molar-refractivity contribution in [3.8, 4) is 0 Å². The van der Waals surface area contributed by atoms with Gasteiger partial charge in [-0.1, -0.05) is 136 Å². The van der Waals surface area contributed by atoms with Gasteiger partial charge in [0.1, 0.15) is 54.4 Å². The van der Waals surface area contributed by atoms with Crippen molar-refractivity contribution < 1.29 is 43.2 Å². The number of carbonyl (C=O) groups is 9. The van der Waals surface area contributed by atoms with Crippen LogP contribution in [0.1, 0.15) is 132 Å². The molecule has 7 N–H and O–H groups in total. The van der Waals surface area contributed by atoms with E-state index in [0.717, 1.165) is 5.56 Å². The molecule has 2 aromatic carbocycles. The molecule has 0 saturated carbocycles. The number of hydrogen-bond donors (Lipinski definition) is 7.